The topological polar surface area (TPSA) is 119 Å². The van der Waals surface area contributed by atoms with Gasteiger partial charge in [0.1, 0.15) is 6.10 Å². The maximum atomic E-state index is 12.9. The number of carbonyl (C=O) groups excluding carboxylic acids is 3. The number of epoxide rings is 1. The van der Waals surface area contributed by atoms with Crippen LogP contribution in [0.3, 0.4) is 0 Å². The fourth-order valence-corrected chi connectivity index (χ4v) is 7.11. The van der Waals surface area contributed by atoms with Gasteiger partial charge in [0.2, 0.25) is 11.8 Å². The van der Waals surface area contributed by atoms with Crippen LogP contribution in [-0.4, -0.2) is 97.6 Å². The zero-order valence-corrected chi connectivity index (χ0v) is 29.0. The normalized spacial score (nSPS) is 35.8. The van der Waals surface area contributed by atoms with Gasteiger partial charge >= 0.3 is 5.97 Å². The summed E-state index contributed by atoms with van der Waals surface area (Å²) in [6.45, 7) is 10.0. The Morgan fingerprint density at radius 2 is 1.74 bits per heavy atom. The summed E-state index contributed by atoms with van der Waals surface area (Å²) in [6, 6.07) is 0.780. The molecule has 0 radical (unpaired) electrons. The van der Waals surface area contributed by atoms with Gasteiger partial charge in [0.25, 0.3) is 0 Å². The Labute approximate surface area is 275 Å². The third-order valence-electron chi connectivity index (χ3n) is 9.96. The van der Waals surface area contributed by atoms with E-state index in [0.717, 1.165) is 63.5 Å². The van der Waals surface area contributed by atoms with E-state index in [-0.39, 0.29) is 65.8 Å². The number of ether oxygens (including phenoxy) is 4. The Bertz CT molecular complexity index is 1140. The van der Waals surface area contributed by atoms with Crippen LogP contribution in [0.4, 0.5) is 0 Å². The highest BCUT2D eigenvalue weighted by Crippen LogP contribution is 2.43. The Morgan fingerprint density at radius 3 is 2.39 bits per heavy atom. The van der Waals surface area contributed by atoms with E-state index >= 15 is 0 Å². The van der Waals surface area contributed by atoms with Gasteiger partial charge in [-0.3, -0.25) is 14.4 Å². The lowest BCUT2D eigenvalue weighted by atomic mass is 9.88. The molecule has 3 saturated heterocycles. The molecule has 4 rings (SSSR count). The fraction of sp³-hybridized carbons (Fsp3) is 0.750. The summed E-state index contributed by atoms with van der Waals surface area (Å²) in [4.78, 5) is 38.7. The molecule has 1 spiro atoms. The molecule has 2 N–H and O–H groups in total. The van der Waals surface area contributed by atoms with Gasteiger partial charge in [0.05, 0.1) is 49.1 Å². The minimum absolute atomic E-state index is 0.0564. The summed E-state index contributed by atoms with van der Waals surface area (Å²) in [6.07, 6.45) is 16.5. The minimum atomic E-state index is -0.459. The second kappa shape index (κ2) is 16.5. The van der Waals surface area contributed by atoms with Crippen LogP contribution < -0.4 is 10.6 Å². The molecule has 4 aliphatic rings. The SMILES string of the molecule is CC(=O)O[C@@H](C)/C=C\C(=O)N[C@@H]1C[C@H](C)[C@H](C/C=C(C)/C=C/[C@@H]2CC3(CO3)C[C@@H](CC(=O)NC3CCC(N(C)C)CC3)O2)O[C@@H]1C. The standard InChI is InChI=1S/C36H57N3O7/c1-23(9-16-33-24(2)18-32(26(4)45-33)38-34(41)17-10-25(3)44-27(5)40)8-15-30-20-36(22-43-36)21-31(46-30)19-35(42)37-28-11-13-29(14-12-28)39(6)7/h8-10,15,17,24-26,28-33H,11-14,16,18-22H2,1-7H3,(H,37,42)(H,38,41)/b15-8+,17-10-,23-9+/t24-,25-,26+,28?,29?,30+,31+,32+,33-,36?/m0/s1. The van der Waals surface area contributed by atoms with Gasteiger partial charge in [-0.05, 0) is 85.4 Å². The molecule has 2 amide bonds. The molecule has 8 atom stereocenters. The van der Waals surface area contributed by atoms with Gasteiger partial charge in [0.15, 0.2) is 0 Å². The van der Waals surface area contributed by atoms with Crippen molar-refractivity contribution in [1.29, 1.82) is 0 Å². The molecule has 10 nitrogen and oxygen atoms in total. The van der Waals surface area contributed by atoms with E-state index in [9.17, 15) is 14.4 Å². The van der Waals surface area contributed by atoms with E-state index in [1.807, 2.05) is 6.92 Å². The van der Waals surface area contributed by atoms with Crippen LogP contribution in [0, 0.1) is 5.92 Å². The summed E-state index contributed by atoms with van der Waals surface area (Å²) >= 11 is 0. The second-order valence-electron chi connectivity index (χ2n) is 14.3. The lowest BCUT2D eigenvalue weighted by Gasteiger charge is -2.39. The number of amides is 2. The first kappa shape index (κ1) is 36.3. The van der Waals surface area contributed by atoms with Crippen molar-refractivity contribution in [2.75, 3.05) is 20.7 Å². The lowest BCUT2D eigenvalue weighted by Crippen LogP contribution is -2.50. The fourth-order valence-electron chi connectivity index (χ4n) is 7.11. The number of hydrogen-bond acceptors (Lipinski definition) is 8. The molecule has 10 heteroatoms. The monoisotopic (exact) mass is 643 g/mol. The molecule has 3 aliphatic heterocycles. The first-order valence-electron chi connectivity index (χ1n) is 17.2. The first-order valence-corrected chi connectivity index (χ1v) is 17.2. The largest absolute Gasteiger partial charge is 0.459 e. The highest BCUT2D eigenvalue weighted by molar-refractivity contribution is 5.87. The molecule has 0 bridgehead atoms. The minimum Gasteiger partial charge on any atom is -0.459 e. The van der Waals surface area contributed by atoms with Crippen molar-refractivity contribution in [3.8, 4) is 0 Å². The zero-order chi connectivity index (χ0) is 33.4. The predicted octanol–water partition coefficient (Wildman–Crippen LogP) is 4.38. The number of carbonyl (C=O) groups is 3. The Hall–Kier alpha value is -2.53. The molecule has 0 aromatic carbocycles. The van der Waals surface area contributed by atoms with Crippen molar-refractivity contribution >= 4 is 17.8 Å². The molecule has 3 heterocycles. The summed E-state index contributed by atoms with van der Waals surface area (Å²) in [5.41, 5.74) is 0.983. The maximum Gasteiger partial charge on any atom is 0.303 e. The first-order chi connectivity index (χ1) is 21.8. The van der Waals surface area contributed by atoms with Gasteiger partial charge in [0, 0.05) is 37.9 Å². The van der Waals surface area contributed by atoms with Gasteiger partial charge in [-0.25, -0.2) is 0 Å². The molecular weight excluding hydrogens is 586 g/mol. The number of nitrogens with zero attached hydrogens (tertiary/aromatic N) is 1. The van der Waals surface area contributed by atoms with Crippen molar-refractivity contribution in [3.05, 3.63) is 36.0 Å². The van der Waals surface area contributed by atoms with Gasteiger partial charge in [-0.1, -0.05) is 30.7 Å². The van der Waals surface area contributed by atoms with Gasteiger partial charge in [-0.2, -0.15) is 0 Å². The third kappa shape index (κ3) is 11.3. The molecular formula is C36H57N3O7. The number of allylic oxidation sites excluding steroid dienone is 2. The van der Waals surface area contributed by atoms with Crippen LogP contribution >= 0.6 is 0 Å². The van der Waals surface area contributed by atoms with E-state index in [1.54, 1.807) is 13.0 Å². The summed E-state index contributed by atoms with van der Waals surface area (Å²) in [5, 5.41) is 6.30. The van der Waals surface area contributed by atoms with Crippen molar-refractivity contribution in [1.82, 2.24) is 15.5 Å². The summed E-state index contributed by atoms with van der Waals surface area (Å²) in [5.74, 6) is -0.257. The molecule has 1 saturated carbocycles. The Balaban J connectivity index is 1.21. The average molecular weight is 644 g/mol. The third-order valence-corrected chi connectivity index (χ3v) is 9.96. The van der Waals surface area contributed by atoms with E-state index in [2.05, 4.69) is 61.7 Å². The van der Waals surface area contributed by atoms with Crippen LogP contribution in [0.15, 0.2) is 36.0 Å². The van der Waals surface area contributed by atoms with Crippen molar-refractivity contribution in [2.24, 2.45) is 5.92 Å². The van der Waals surface area contributed by atoms with Crippen molar-refractivity contribution < 1.29 is 33.3 Å². The molecule has 0 aromatic rings. The Kier molecular flexibility index (Phi) is 13.0. The predicted molar refractivity (Wildman–Crippen MR) is 177 cm³/mol. The molecule has 258 valence electrons. The van der Waals surface area contributed by atoms with Crippen LogP contribution in [0.25, 0.3) is 0 Å². The summed E-state index contributed by atoms with van der Waals surface area (Å²) in [7, 11) is 4.26. The van der Waals surface area contributed by atoms with Crippen LogP contribution in [0.2, 0.25) is 0 Å². The highest BCUT2D eigenvalue weighted by Gasteiger charge is 2.51. The smallest absolute Gasteiger partial charge is 0.303 e. The molecule has 1 unspecified atom stereocenters. The average Bonchev–Trinajstić information content (AvgIpc) is 3.72. The van der Waals surface area contributed by atoms with Crippen molar-refractivity contribution in [3.63, 3.8) is 0 Å². The molecule has 46 heavy (non-hydrogen) atoms. The van der Waals surface area contributed by atoms with Gasteiger partial charge < -0.3 is 34.5 Å². The summed E-state index contributed by atoms with van der Waals surface area (Å²) < 4.78 is 23.6. The van der Waals surface area contributed by atoms with E-state index < -0.39 is 6.10 Å². The number of esters is 1. The van der Waals surface area contributed by atoms with E-state index in [1.165, 1.54) is 13.0 Å². The van der Waals surface area contributed by atoms with Crippen molar-refractivity contribution in [2.45, 2.75) is 147 Å². The zero-order valence-electron chi connectivity index (χ0n) is 29.0. The van der Waals surface area contributed by atoms with E-state index in [4.69, 9.17) is 18.9 Å². The highest BCUT2D eigenvalue weighted by atomic mass is 16.6. The molecule has 1 aliphatic carbocycles. The van der Waals surface area contributed by atoms with E-state index in [0.29, 0.717) is 12.5 Å². The number of rotatable bonds is 12. The quantitative estimate of drug-likeness (QED) is 0.139. The maximum absolute atomic E-state index is 12.9. The number of hydrogen-bond donors (Lipinski definition) is 2. The molecule has 4 fully saturated rings. The second-order valence-corrected chi connectivity index (χ2v) is 14.3. The van der Waals surface area contributed by atoms with Crippen LogP contribution in [-0.2, 0) is 33.3 Å². The Morgan fingerprint density at radius 1 is 1.02 bits per heavy atom. The van der Waals surface area contributed by atoms with Crippen LogP contribution in [0.1, 0.15) is 92.4 Å². The van der Waals surface area contributed by atoms with Crippen LogP contribution in [0.5, 0.6) is 0 Å². The number of nitrogens with one attached hydrogen (secondary N) is 2. The van der Waals surface area contributed by atoms with Gasteiger partial charge in [-0.15, -0.1) is 0 Å². The molecule has 0 aromatic heterocycles. The lowest BCUT2D eigenvalue weighted by molar-refractivity contribution is -0.143.